The van der Waals surface area contributed by atoms with Crippen LogP contribution in [0.5, 0.6) is 0 Å². The van der Waals surface area contributed by atoms with E-state index in [1.165, 1.54) is 4.90 Å². The highest BCUT2D eigenvalue weighted by molar-refractivity contribution is 6.23. The predicted molar refractivity (Wildman–Crippen MR) is 124 cm³/mol. The van der Waals surface area contributed by atoms with Gasteiger partial charge in [-0.15, -0.1) is 0 Å². The molecule has 0 saturated carbocycles. The number of benzene rings is 3. The molecule has 3 aliphatic carbocycles. The molecule has 5 heteroatoms. The molecule has 1 fully saturated rings. The van der Waals surface area contributed by atoms with E-state index in [1.54, 1.807) is 14.2 Å². The van der Waals surface area contributed by atoms with Gasteiger partial charge < -0.3 is 9.47 Å². The molecule has 5 nitrogen and oxygen atoms in total. The van der Waals surface area contributed by atoms with Crippen molar-refractivity contribution in [2.45, 2.75) is 24.5 Å². The Morgan fingerprint density at radius 1 is 0.788 bits per heavy atom. The van der Waals surface area contributed by atoms with Gasteiger partial charge in [0.05, 0.1) is 22.9 Å². The Bertz CT molecular complexity index is 1230. The summed E-state index contributed by atoms with van der Waals surface area (Å²) in [6, 6.07) is 23.8. The summed E-state index contributed by atoms with van der Waals surface area (Å²) < 4.78 is 11.8. The van der Waals surface area contributed by atoms with Gasteiger partial charge in [-0.2, -0.15) is 0 Å². The van der Waals surface area contributed by atoms with Crippen LogP contribution in [0.15, 0.2) is 72.8 Å². The van der Waals surface area contributed by atoms with E-state index in [1.807, 2.05) is 55.5 Å². The molecule has 0 aromatic heterocycles. The molecule has 33 heavy (non-hydrogen) atoms. The van der Waals surface area contributed by atoms with Crippen LogP contribution in [0.4, 0.5) is 5.69 Å². The van der Waals surface area contributed by atoms with Crippen molar-refractivity contribution in [2.24, 2.45) is 11.8 Å². The van der Waals surface area contributed by atoms with Crippen molar-refractivity contribution in [1.82, 2.24) is 0 Å². The van der Waals surface area contributed by atoms with Crippen LogP contribution in [0.25, 0.3) is 0 Å². The van der Waals surface area contributed by atoms with E-state index in [9.17, 15) is 9.59 Å². The highest BCUT2D eigenvalue weighted by Gasteiger charge is 2.71. The van der Waals surface area contributed by atoms with Gasteiger partial charge in [-0.3, -0.25) is 9.59 Å². The van der Waals surface area contributed by atoms with E-state index in [4.69, 9.17) is 9.47 Å². The Labute approximate surface area is 192 Å². The maximum Gasteiger partial charge on any atom is 0.239 e. The fourth-order valence-electron chi connectivity index (χ4n) is 6.65. The Hall–Kier alpha value is -3.28. The largest absolute Gasteiger partial charge is 0.355 e. The molecule has 0 radical (unpaired) electrons. The first kappa shape index (κ1) is 20.3. The zero-order valence-corrected chi connectivity index (χ0v) is 18.8. The normalized spacial score (nSPS) is 27.0. The summed E-state index contributed by atoms with van der Waals surface area (Å²) in [4.78, 5) is 29.6. The van der Waals surface area contributed by atoms with Crippen molar-refractivity contribution in [1.29, 1.82) is 0 Å². The number of amides is 2. The number of aryl methyl sites for hydroxylation is 1. The number of ether oxygens (including phenoxy) is 2. The second-order valence-electron chi connectivity index (χ2n) is 9.18. The average molecular weight is 440 g/mol. The number of methoxy groups -OCH3 is 2. The minimum atomic E-state index is -0.928. The number of imide groups is 1. The molecule has 2 amide bonds. The molecule has 0 N–H and O–H groups in total. The van der Waals surface area contributed by atoms with Crippen LogP contribution in [0.1, 0.15) is 33.7 Å². The number of rotatable bonds is 4. The number of anilines is 1. The molecule has 2 atom stereocenters. The van der Waals surface area contributed by atoms with Crippen LogP contribution in [-0.4, -0.2) is 32.3 Å². The van der Waals surface area contributed by atoms with Crippen LogP contribution in [-0.2, 0) is 24.5 Å². The van der Waals surface area contributed by atoms with E-state index in [0.29, 0.717) is 5.69 Å². The highest BCUT2D eigenvalue weighted by atomic mass is 16.7. The van der Waals surface area contributed by atoms with Gasteiger partial charge in [-0.25, -0.2) is 4.90 Å². The molecular formula is C28H25NO4. The summed E-state index contributed by atoms with van der Waals surface area (Å²) >= 11 is 0. The lowest BCUT2D eigenvalue weighted by atomic mass is 9.47. The number of hydrogen-bond acceptors (Lipinski definition) is 4. The van der Waals surface area contributed by atoms with E-state index in [0.717, 1.165) is 27.8 Å². The molecule has 0 unspecified atom stereocenters. The van der Waals surface area contributed by atoms with Gasteiger partial charge in [0.1, 0.15) is 0 Å². The first-order valence-corrected chi connectivity index (χ1v) is 11.2. The van der Waals surface area contributed by atoms with Crippen LogP contribution in [0.2, 0.25) is 0 Å². The fraction of sp³-hybridized carbons (Fsp3) is 0.286. The smallest absolute Gasteiger partial charge is 0.239 e. The maximum atomic E-state index is 14.2. The first-order valence-electron chi connectivity index (χ1n) is 11.2. The Morgan fingerprint density at radius 2 is 1.33 bits per heavy atom. The molecule has 2 bridgehead atoms. The van der Waals surface area contributed by atoms with Crippen molar-refractivity contribution in [2.75, 3.05) is 19.1 Å². The summed E-state index contributed by atoms with van der Waals surface area (Å²) in [6.07, 6.45) is -0.733. The first-order chi connectivity index (χ1) is 16.1. The summed E-state index contributed by atoms with van der Waals surface area (Å²) in [7, 11) is 3.20. The van der Waals surface area contributed by atoms with E-state index in [-0.39, 0.29) is 17.7 Å². The highest BCUT2D eigenvalue weighted by Crippen LogP contribution is 2.65. The lowest BCUT2D eigenvalue weighted by Gasteiger charge is -2.56. The summed E-state index contributed by atoms with van der Waals surface area (Å²) in [5.41, 5.74) is 4.92. The van der Waals surface area contributed by atoms with Crippen molar-refractivity contribution in [3.8, 4) is 0 Å². The van der Waals surface area contributed by atoms with Crippen molar-refractivity contribution >= 4 is 17.5 Å². The van der Waals surface area contributed by atoms with Crippen LogP contribution < -0.4 is 4.90 Å². The standard InChI is InChI=1S/C28H25NO4/c1-16-12-14-17(15-13-16)29-25(30)23-22-18-8-4-6-10-20(18)28(24(23)26(29)31,27(32-2)33-3)21-11-7-5-9-19(21)22/h4-15,22-24,27H,1-3H3/t22?,23-,24+,28?/m0/s1. The minimum absolute atomic E-state index is 0.154. The quantitative estimate of drug-likeness (QED) is 0.452. The Morgan fingerprint density at radius 3 is 1.88 bits per heavy atom. The zero-order valence-electron chi connectivity index (χ0n) is 18.8. The molecule has 3 aromatic rings. The van der Waals surface area contributed by atoms with E-state index >= 15 is 0 Å². The zero-order chi connectivity index (χ0) is 22.9. The van der Waals surface area contributed by atoms with Gasteiger partial charge in [0.15, 0.2) is 6.29 Å². The average Bonchev–Trinajstić information content (AvgIpc) is 3.12. The SMILES string of the molecule is COC(OC)C12c3ccccc3C(c3ccccc31)[C@@H]1C(=O)N(c3ccc(C)cc3)C(=O)[C@@H]12. The second-order valence-corrected chi connectivity index (χ2v) is 9.18. The van der Waals surface area contributed by atoms with Gasteiger partial charge in [-0.1, -0.05) is 66.2 Å². The topological polar surface area (TPSA) is 55.8 Å². The van der Waals surface area contributed by atoms with Gasteiger partial charge in [0, 0.05) is 20.1 Å². The second kappa shape index (κ2) is 7.11. The van der Waals surface area contributed by atoms with Gasteiger partial charge in [0.25, 0.3) is 0 Å². The molecule has 0 spiro atoms. The van der Waals surface area contributed by atoms with E-state index < -0.39 is 23.5 Å². The lowest BCUT2D eigenvalue weighted by Crippen LogP contribution is -2.60. The molecular weight excluding hydrogens is 414 g/mol. The van der Waals surface area contributed by atoms with Gasteiger partial charge in [0.2, 0.25) is 11.8 Å². The van der Waals surface area contributed by atoms with Crippen LogP contribution in [0, 0.1) is 18.8 Å². The predicted octanol–water partition coefficient (Wildman–Crippen LogP) is 4.16. The molecule has 3 aromatic carbocycles. The Balaban J connectivity index is 1.67. The number of nitrogens with zero attached hydrogens (tertiary/aromatic N) is 1. The molecule has 7 rings (SSSR count). The third kappa shape index (κ3) is 2.39. The van der Waals surface area contributed by atoms with Crippen molar-refractivity contribution in [3.05, 3.63) is 101 Å². The summed E-state index contributed by atoms with van der Waals surface area (Å²) in [6.45, 7) is 1.99. The number of hydrogen-bond donors (Lipinski definition) is 0. The summed E-state index contributed by atoms with van der Waals surface area (Å²) in [5.74, 6) is -1.67. The van der Waals surface area contributed by atoms with Crippen molar-refractivity contribution < 1.29 is 19.1 Å². The van der Waals surface area contributed by atoms with Gasteiger partial charge in [-0.05, 0) is 41.3 Å². The summed E-state index contributed by atoms with van der Waals surface area (Å²) in [5, 5.41) is 0. The van der Waals surface area contributed by atoms with Crippen molar-refractivity contribution in [3.63, 3.8) is 0 Å². The molecule has 1 heterocycles. The maximum absolute atomic E-state index is 14.2. The van der Waals surface area contributed by atoms with Crippen LogP contribution in [0.3, 0.4) is 0 Å². The molecule has 166 valence electrons. The third-order valence-corrected chi connectivity index (χ3v) is 7.78. The molecule has 4 aliphatic rings. The number of carbonyl (C=O) groups excluding carboxylic acids is 2. The number of carbonyl (C=O) groups is 2. The van der Waals surface area contributed by atoms with Crippen LogP contribution >= 0.6 is 0 Å². The molecule has 1 saturated heterocycles. The Kier molecular flexibility index (Phi) is 4.38. The monoisotopic (exact) mass is 439 g/mol. The third-order valence-electron chi connectivity index (χ3n) is 7.78. The molecule has 1 aliphatic heterocycles. The lowest BCUT2D eigenvalue weighted by molar-refractivity contribution is -0.168. The van der Waals surface area contributed by atoms with E-state index in [2.05, 4.69) is 24.3 Å². The fourth-order valence-corrected chi connectivity index (χ4v) is 6.65. The van der Waals surface area contributed by atoms with Gasteiger partial charge >= 0.3 is 0 Å². The minimum Gasteiger partial charge on any atom is -0.355 e.